The Morgan fingerprint density at radius 1 is 0.875 bits per heavy atom. The third kappa shape index (κ3) is 4.48. The molecule has 1 saturated heterocycles. The number of thioether (sulfide) groups is 1. The van der Waals surface area contributed by atoms with E-state index in [2.05, 4.69) is 23.3 Å². The Balaban J connectivity index is 1.97. The van der Waals surface area contributed by atoms with Crippen LogP contribution in [-0.4, -0.2) is 35.2 Å². The van der Waals surface area contributed by atoms with E-state index < -0.39 is 0 Å². The van der Waals surface area contributed by atoms with Gasteiger partial charge in [-0.15, -0.1) is 0 Å². The number of hydrogen-bond donors (Lipinski definition) is 0. The molecule has 4 heteroatoms. The summed E-state index contributed by atoms with van der Waals surface area (Å²) in [5.74, 6) is 0.775. The van der Waals surface area contributed by atoms with E-state index in [1.165, 1.54) is 19.3 Å². The first-order valence-electron chi connectivity index (χ1n) is 8.43. The van der Waals surface area contributed by atoms with E-state index in [-0.39, 0.29) is 0 Å². The van der Waals surface area contributed by atoms with Crippen LogP contribution in [0, 0.1) is 0 Å². The van der Waals surface area contributed by atoms with Crippen molar-refractivity contribution in [1.29, 1.82) is 0 Å². The highest BCUT2D eigenvalue weighted by Gasteiger charge is 2.15. The van der Waals surface area contributed by atoms with Gasteiger partial charge >= 0.3 is 0 Å². The van der Waals surface area contributed by atoms with E-state index in [0.717, 1.165) is 35.3 Å². The van der Waals surface area contributed by atoms with Gasteiger partial charge in [0.1, 0.15) is 0 Å². The molecule has 0 amide bonds. The number of amidine groups is 2. The maximum atomic E-state index is 4.94. The van der Waals surface area contributed by atoms with Gasteiger partial charge in [-0.2, -0.15) is 0 Å². The molecule has 0 unspecified atom stereocenters. The molecule has 1 aliphatic heterocycles. The van der Waals surface area contributed by atoms with Crippen LogP contribution in [0.4, 0.5) is 5.69 Å². The van der Waals surface area contributed by atoms with Gasteiger partial charge in [-0.25, -0.2) is 9.98 Å². The number of nitrogens with zero attached hydrogens (tertiary/aromatic N) is 3. The van der Waals surface area contributed by atoms with Gasteiger partial charge in [0.05, 0.1) is 5.69 Å². The summed E-state index contributed by atoms with van der Waals surface area (Å²) in [5.41, 5.74) is 1.98. The molecule has 24 heavy (non-hydrogen) atoms. The topological polar surface area (TPSA) is 28.0 Å². The molecular formula is C20H23N3S. The van der Waals surface area contributed by atoms with Crippen LogP contribution in [0.3, 0.4) is 0 Å². The minimum atomic E-state index is 0.775. The first-order valence-corrected chi connectivity index (χ1v) is 9.66. The first kappa shape index (κ1) is 16.8. The average Bonchev–Trinajstić information content (AvgIpc) is 2.67. The lowest BCUT2D eigenvalue weighted by Gasteiger charge is -2.28. The molecule has 1 heterocycles. The van der Waals surface area contributed by atoms with Crippen LogP contribution in [0.5, 0.6) is 0 Å². The molecule has 0 spiro atoms. The van der Waals surface area contributed by atoms with Crippen molar-refractivity contribution in [3.05, 3.63) is 66.2 Å². The number of para-hydroxylation sites is 1. The van der Waals surface area contributed by atoms with E-state index in [1.54, 1.807) is 11.8 Å². The fourth-order valence-corrected chi connectivity index (χ4v) is 3.41. The molecule has 1 fully saturated rings. The molecule has 0 bridgehead atoms. The normalized spacial score (nSPS) is 16.3. The van der Waals surface area contributed by atoms with Crippen molar-refractivity contribution in [1.82, 2.24) is 4.90 Å². The van der Waals surface area contributed by atoms with Crippen LogP contribution >= 0.6 is 11.8 Å². The summed E-state index contributed by atoms with van der Waals surface area (Å²) < 4.78 is 0. The molecule has 3 rings (SSSR count). The van der Waals surface area contributed by atoms with E-state index in [4.69, 9.17) is 9.98 Å². The van der Waals surface area contributed by atoms with Gasteiger partial charge in [0.2, 0.25) is 0 Å². The molecule has 0 aromatic heterocycles. The third-order valence-corrected chi connectivity index (χ3v) is 4.75. The number of benzene rings is 2. The summed E-state index contributed by atoms with van der Waals surface area (Å²) >= 11 is 1.71. The summed E-state index contributed by atoms with van der Waals surface area (Å²) in [6.45, 7) is 2.18. The Kier molecular flexibility index (Phi) is 6.07. The standard InChI is InChI=1S/C20H23N3S/c1-24-20(23-15-9-4-10-16-23)22-19(17-11-5-2-6-12-17)21-18-13-7-3-8-14-18/h2-3,5-8,11-14H,4,9-10,15-16H2,1H3. The second kappa shape index (κ2) is 8.69. The number of piperidine rings is 1. The predicted octanol–water partition coefficient (Wildman–Crippen LogP) is 4.97. The van der Waals surface area contributed by atoms with Crippen molar-refractivity contribution in [2.75, 3.05) is 19.3 Å². The fourth-order valence-electron chi connectivity index (χ4n) is 2.79. The smallest absolute Gasteiger partial charge is 0.165 e. The second-order valence-electron chi connectivity index (χ2n) is 5.78. The quantitative estimate of drug-likeness (QED) is 0.571. The van der Waals surface area contributed by atoms with E-state index in [0.29, 0.717) is 0 Å². The highest BCUT2D eigenvalue weighted by molar-refractivity contribution is 8.13. The zero-order valence-electron chi connectivity index (χ0n) is 14.1. The van der Waals surface area contributed by atoms with E-state index in [1.807, 2.05) is 48.5 Å². The minimum absolute atomic E-state index is 0.775. The van der Waals surface area contributed by atoms with Crippen LogP contribution in [0.1, 0.15) is 24.8 Å². The average molecular weight is 337 g/mol. The Hall–Kier alpha value is -2.07. The maximum Gasteiger partial charge on any atom is 0.165 e. The molecule has 1 aliphatic rings. The highest BCUT2D eigenvalue weighted by Crippen LogP contribution is 2.18. The molecule has 2 aromatic rings. The van der Waals surface area contributed by atoms with Gasteiger partial charge in [-0.05, 0) is 37.7 Å². The molecule has 2 aromatic carbocycles. The first-order chi connectivity index (χ1) is 11.9. The van der Waals surface area contributed by atoms with Crippen LogP contribution in [0.15, 0.2) is 70.6 Å². The zero-order chi connectivity index (χ0) is 16.6. The Bertz CT molecular complexity index is 689. The lowest BCUT2D eigenvalue weighted by atomic mass is 10.1. The Morgan fingerprint density at radius 2 is 1.50 bits per heavy atom. The SMILES string of the molecule is CSC(=NC(=Nc1ccccc1)c1ccccc1)N1CCCCC1. The Labute approximate surface area is 148 Å². The molecule has 124 valence electrons. The molecular weight excluding hydrogens is 314 g/mol. The third-order valence-electron chi connectivity index (χ3n) is 4.03. The number of likely N-dealkylation sites (tertiary alicyclic amines) is 1. The summed E-state index contributed by atoms with van der Waals surface area (Å²) in [5, 5.41) is 1.06. The number of rotatable bonds is 2. The van der Waals surface area contributed by atoms with Crippen molar-refractivity contribution in [2.24, 2.45) is 9.98 Å². The molecule has 0 radical (unpaired) electrons. The molecule has 0 aliphatic carbocycles. The zero-order valence-corrected chi connectivity index (χ0v) is 14.9. The van der Waals surface area contributed by atoms with Crippen molar-refractivity contribution in [3.8, 4) is 0 Å². The lowest BCUT2D eigenvalue weighted by Crippen LogP contribution is -2.34. The van der Waals surface area contributed by atoms with Crippen molar-refractivity contribution in [2.45, 2.75) is 19.3 Å². The molecule has 0 N–H and O–H groups in total. The van der Waals surface area contributed by atoms with Gasteiger partial charge in [-0.1, -0.05) is 60.3 Å². The van der Waals surface area contributed by atoms with Crippen LogP contribution in [-0.2, 0) is 0 Å². The second-order valence-corrected chi connectivity index (χ2v) is 6.56. The largest absolute Gasteiger partial charge is 0.351 e. The highest BCUT2D eigenvalue weighted by atomic mass is 32.2. The monoisotopic (exact) mass is 337 g/mol. The van der Waals surface area contributed by atoms with Gasteiger partial charge in [0.15, 0.2) is 11.0 Å². The van der Waals surface area contributed by atoms with Crippen molar-refractivity contribution < 1.29 is 0 Å². The van der Waals surface area contributed by atoms with Gasteiger partial charge in [0, 0.05) is 18.7 Å². The van der Waals surface area contributed by atoms with Gasteiger partial charge < -0.3 is 4.90 Å². The maximum absolute atomic E-state index is 4.94. The van der Waals surface area contributed by atoms with Crippen molar-refractivity contribution in [3.63, 3.8) is 0 Å². The lowest BCUT2D eigenvalue weighted by molar-refractivity contribution is 0.348. The van der Waals surface area contributed by atoms with E-state index in [9.17, 15) is 0 Å². The van der Waals surface area contributed by atoms with Crippen molar-refractivity contribution >= 4 is 28.5 Å². The van der Waals surface area contributed by atoms with Crippen LogP contribution in [0.25, 0.3) is 0 Å². The van der Waals surface area contributed by atoms with Gasteiger partial charge in [-0.3, -0.25) is 0 Å². The number of hydrogen-bond acceptors (Lipinski definition) is 2. The molecule has 0 atom stereocenters. The van der Waals surface area contributed by atoms with Gasteiger partial charge in [0.25, 0.3) is 0 Å². The summed E-state index contributed by atoms with van der Waals surface area (Å²) in [6, 6.07) is 20.3. The fraction of sp³-hybridized carbons (Fsp3) is 0.300. The predicted molar refractivity (Wildman–Crippen MR) is 105 cm³/mol. The Morgan fingerprint density at radius 3 is 2.12 bits per heavy atom. The summed E-state index contributed by atoms with van der Waals surface area (Å²) in [7, 11) is 0. The molecule has 0 saturated carbocycles. The summed E-state index contributed by atoms with van der Waals surface area (Å²) in [4.78, 5) is 12.1. The van der Waals surface area contributed by atoms with Crippen LogP contribution < -0.4 is 0 Å². The summed E-state index contributed by atoms with van der Waals surface area (Å²) in [6.07, 6.45) is 5.91. The van der Waals surface area contributed by atoms with Crippen LogP contribution in [0.2, 0.25) is 0 Å². The van der Waals surface area contributed by atoms with E-state index >= 15 is 0 Å². The minimum Gasteiger partial charge on any atom is -0.351 e. The molecule has 3 nitrogen and oxygen atoms in total. The number of aliphatic imine (C=N–C) groups is 2.